The Balaban J connectivity index is -0.000000667. The maximum Gasteiger partial charge on any atom is 0.315 e. The Morgan fingerprint density at radius 2 is 1.04 bits per heavy atom. The summed E-state index contributed by atoms with van der Waals surface area (Å²) in [5.41, 5.74) is 0. The van der Waals surface area contributed by atoms with Crippen LogP contribution < -0.4 is 0 Å². The topological polar surface area (TPSA) is 36.9 Å². The molecule has 4 nitrogen and oxygen atoms in total. The van der Waals surface area contributed by atoms with Gasteiger partial charge in [0.2, 0.25) is 0 Å². The van der Waals surface area contributed by atoms with E-state index in [0.29, 0.717) is 0 Å². The lowest BCUT2D eigenvalue weighted by atomic mass is 10.5. The summed E-state index contributed by atoms with van der Waals surface area (Å²) in [5.74, 6) is 0. The molecule has 0 fully saturated rings. The van der Waals surface area contributed by atoms with Gasteiger partial charge in [-0.2, -0.15) is 0 Å². The normalized spacial score (nSPS) is 14.8. The first-order valence-corrected chi connectivity index (χ1v) is 19.9. The van der Waals surface area contributed by atoms with Crippen molar-refractivity contribution in [2.45, 2.75) is 93.7 Å². The molecule has 0 spiro atoms. The summed E-state index contributed by atoms with van der Waals surface area (Å²) in [6.07, 6.45) is 0.987. The molecule has 0 radical (unpaired) electrons. The zero-order valence-corrected chi connectivity index (χ0v) is 19.8. The predicted octanol–water partition coefficient (Wildman–Crippen LogP) is 6.42. The lowest BCUT2D eigenvalue weighted by Gasteiger charge is -2.41. The van der Waals surface area contributed by atoms with Crippen molar-refractivity contribution in [1.29, 1.82) is 0 Å². The van der Waals surface area contributed by atoms with Gasteiger partial charge in [-0.15, -0.1) is 0 Å². The Morgan fingerprint density at radius 3 is 1.38 bits per heavy atom. The summed E-state index contributed by atoms with van der Waals surface area (Å²) >= 11 is 0. The zero-order valence-electron chi connectivity index (χ0n) is 15.8. The zero-order chi connectivity index (χ0) is 16.9. The summed E-state index contributed by atoms with van der Waals surface area (Å²) in [7, 11) is -5.87. The van der Waals surface area contributed by atoms with Gasteiger partial charge in [-0.25, -0.2) is 0 Å². The van der Waals surface area contributed by atoms with Gasteiger partial charge in [0.25, 0.3) is 0 Å². The van der Waals surface area contributed by atoms with E-state index in [0.717, 1.165) is 19.1 Å². The molecule has 0 saturated carbocycles. The molecule has 0 N–H and O–H groups in total. The van der Waals surface area contributed by atoms with Gasteiger partial charge in [0, 0.05) is 13.7 Å². The summed E-state index contributed by atoms with van der Waals surface area (Å²) in [5, 5.41) is 0. The van der Waals surface area contributed by atoms with Crippen LogP contribution in [0.15, 0.2) is 0 Å². The van der Waals surface area contributed by atoms with Gasteiger partial charge >= 0.3 is 17.1 Å². The smallest absolute Gasteiger partial charge is 0.315 e. The molecule has 1 atom stereocenters. The van der Waals surface area contributed by atoms with Crippen molar-refractivity contribution in [3.05, 3.63) is 0 Å². The predicted molar refractivity (Wildman–Crippen MR) is 121 cm³/mol. The Hall–Kier alpha value is 0.708. The van der Waals surface area contributed by atoms with Crippen LogP contribution in [0.4, 0.5) is 0 Å². The van der Waals surface area contributed by atoms with E-state index >= 15 is 0 Å². The van der Waals surface area contributed by atoms with Gasteiger partial charge in [-0.1, -0.05) is 22.3 Å². The molecule has 0 bridgehead atoms. The molecular weight excluding hydrogens is 369 g/mol. The van der Waals surface area contributed by atoms with Crippen molar-refractivity contribution < 1.29 is 17.1 Å². The maximum absolute atomic E-state index is 6.57. The molecule has 152 valence electrons. The average molecular weight is 417 g/mol. The fourth-order valence-corrected chi connectivity index (χ4v) is 20.5. The SMILES string of the molecule is C.C.C.COCCC[Si](C)(O[Si](C)(C)C)O[Si](C)(C)O[Si](C)(C)C. The van der Waals surface area contributed by atoms with E-state index in [1.54, 1.807) is 7.11 Å². The van der Waals surface area contributed by atoms with Gasteiger partial charge in [-0.3, -0.25) is 0 Å². The molecule has 0 amide bonds. The van der Waals surface area contributed by atoms with Crippen molar-refractivity contribution in [2.24, 2.45) is 0 Å². The van der Waals surface area contributed by atoms with Crippen molar-refractivity contribution in [3.8, 4) is 0 Å². The first-order valence-electron chi connectivity index (χ1n) is 7.78. The Labute approximate surface area is 158 Å². The van der Waals surface area contributed by atoms with Crippen LogP contribution >= 0.6 is 0 Å². The molecule has 0 heterocycles. The molecule has 0 aromatic heterocycles. The highest BCUT2D eigenvalue weighted by Crippen LogP contribution is 2.27. The second-order valence-electron chi connectivity index (χ2n) is 8.16. The summed E-state index contributed by atoms with van der Waals surface area (Å²) < 4.78 is 24.6. The number of methoxy groups -OCH3 is 1. The number of hydrogen-bond donors (Lipinski definition) is 0. The lowest BCUT2D eigenvalue weighted by molar-refractivity contribution is 0.195. The highest BCUT2D eigenvalue weighted by Gasteiger charge is 2.44. The third-order valence-corrected chi connectivity index (χ3v) is 16.1. The molecule has 1 unspecified atom stereocenters. The molecule has 24 heavy (non-hydrogen) atoms. The molecule has 0 aliphatic carbocycles. The van der Waals surface area contributed by atoms with E-state index in [4.69, 9.17) is 17.1 Å². The van der Waals surface area contributed by atoms with E-state index < -0.39 is 33.8 Å². The second-order valence-corrected chi connectivity index (χ2v) is 24.6. The quantitative estimate of drug-likeness (QED) is 0.304. The Kier molecular flexibility index (Phi) is 16.4. The van der Waals surface area contributed by atoms with E-state index in [1.165, 1.54) is 0 Å². The molecule has 8 heteroatoms. The van der Waals surface area contributed by atoms with Crippen molar-refractivity contribution in [3.63, 3.8) is 0 Å². The van der Waals surface area contributed by atoms with E-state index in [9.17, 15) is 0 Å². The maximum atomic E-state index is 6.57. The third kappa shape index (κ3) is 17.5. The van der Waals surface area contributed by atoms with Gasteiger partial charge < -0.3 is 17.1 Å². The second kappa shape index (κ2) is 12.2. The highest BCUT2D eigenvalue weighted by atomic mass is 28.5. The molecule has 0 aromatic carbocycles. The minimum atomic E-state index is -2.22. The van der Waals surface area contributed by atoms with Crippen LogP contribution in [0.25, 0.3) is 0 Å². The number of ether oxygens (including phenoxy) is 1. The molecule has 0 saturated heterocycles. The monoisotopic (exact) mass is 416 g/mol. The molecular formula is C16H48O4Si4. The van der Waals surface area contributed by atoms with Crippen molar-refractivity contribution in [1.82, 2.24) is 0 Å². The largest absolute Gasteiger partial charge is 0.437 e. The highest BCUT2D eigenvalue weighted by molar-refractivity contribution is 6.89. The van der Waals surface area contributed by atoms with Crippen molar-refractivity contribution >= 4 is 33.8 Å². The van der Waals surface area contributed by atoms with Crippen LogP contribution in [0.1, 0.15) is 28.7 Å². The molecule has 0 rings (SSSR count). The van der Waals surface area contributed by atoms with E-state index in [2.05, 4.69) is 58.9 Å². The van der Waals surface area contributed by atoms with Crippen LogP contribution in [0.3, 0.4) is 0 Å². The first kappa shape index (κ1) is 32.4. The van der Waals surface area contributed by atoms with E-state index in [-0.39, 0.29) is 22.3 Å². The molecule has 0 aromatic rings. The Morgan fingerprint density at radius 1 is 0.625 bits per heavy atom. The number of rotatable bonds is 10. The fraction of sp³-hybridized carbons (Fsp3) is 1.00. The minimum Gasteiger partial charge on any atom is -0.437 e. The molecule has 0 aliphatic heterocycles. The standard InChI is InChI=1S/C13H36O4Si4.3CH4/c1-14-12-11-13-21(10,16-19(5,6)7)17-20(8,9)15-18(2,3)4;;;/h11-13H2,1-10H3;3*1H4. The van der Waals surface area contributed by atoms with Gasteiger partial charge in [0.1, 0.15) is 0 Å². The first-order chi connectivity index (χ1) is 9.18. The summed E-state index contributed by atoms with van der Waals surface area (Å²) in [6.45, 7) is 20.6. The lowest BCUT2D eigenvalue weighted by Crippen LogP contribution is -2.56. The van der Waals surface area contributed by atoms with E-state index in [1.807, 2.05) is 0 Å². The molecule has 0 aliphatic rings. The van der Waals surface area contributed by atoms with Crippen molar-refractivity contribution in [2.75, 3.05) is 13.7 Å². The van der Waals surface area contributed by atoms with Gasteiger partial charge in [-0.05, 0) is 71.4 Å². The minimum absolute atomic E-state index is 0. The fourth-order valence-electron chi connectivity index (χ4n) is 2.59. The Bertz CT molecular complexity index is 314. The van der Waals surface area contributed by atoms with Crippen LogP contribution in [-0.4, -0.2) is 47.5 Å². The van der Waals surface area contributed by atoms with Crippen LogP contribution in [0.2, 0.25) is 65.0 Å². The summed E-state index contributed by atoms with van der Waals surface area (Å²) in [4.78, 5) is 0. The third-order valence-electron chi connectivity index (χ3n) is 2.52. The van der Waals surface area contributed by atoms with Crippen LogP contribution in [0, 0.1) is 0 Å². The van der Waals surface area contributed by atoms with Crippen LogP contribution in [-0.2, 0) is 17.1 Å². The summed E-state index contributed by atoms with van der Waals surface area (Å²) in [6, 6.07) is 0.969. The van der Waals surface area contributed by atoms with Gasteiger partial charge in [0.15, 0.2) is 16.6 Å². The van der Waals surface area contributed by atoms with Gasteiger partial charge in [0.05, 0.1) is 0 Å². The number of hydrogen-bond acceptors (Lipinski definition) is 4. The average Bonchev–Trinajstić information content (AvgIpc) is 2.08. The van der Waals surface area contributed by atoms with Crippen LogP contribution in [0.5, 0.6) is 0 Å².